The monoisotopic (exact) mass is 270 g/mol. The van der Waals surface area contributed by atoms with Gasteiger partial charge in [-0.25, -0.2) is 0 Å². The molecule has 3 heteroatoms. The molecule has 0 aromatic rings. The highest BCUT2D eigenvalue weighted by atomic mass is 28.4. The molecule has 0 aromatic heterocycles. The van der Waals surface area contributed by atoms with Gasteiger partial charge in [0.15, 0.2) is 8.32 Å². The number of carbonyl (C=O) groups is 1. The van der Waals surface area contributed by atoms with Gasteiger partial charge in [-0.2, -0.15) is 0 Å². The molecule has 0 aromatic carbocycles. The zero-order chi connectivity index (χ0) is 13.8. The van der Waals surface area contributed by atoms with Crippen LogP contribution < -0.4 is 0 Å². The first-order chi connectivity index (χ1) is 8.28. The van der Waals surface area contributed by atoms with E-state index >= 15 is 0 Å². The van der Waals surface area contributed by atoms with E-state index in [1.165, 1.54) is 32.1 Å². The summed E-state index contributed by atoms with van der Waals surface area (Å²) in [6, 6.07) is 0. The van der Waals surface area contributed by atoms with E-state index < -0.39 is 8.32 Å². The summed E-state index contributed by atoms with van der Waals surface area (Å²) < 4.78 is 6.49. The quantitative estimate of drug-likeness (QED) is 0.541. The molecule has 0 saturated heterocycles. The van der Waals surface area contributed by atoms with Crippen molar-refractivity contribution in [2.45, 2.75) is 83.5 Å². The molecular weight excluding hydrogens is 240 g/mol. The molecule has 1 saturated carbocycles. The van der Waals surface area contributed by atoms with E-state index in [1.54, 1.807) is 0 Å². The van der Waals surface area contributed by atoms with Crippen LogP contribution in [-0.4, -0.2) is 20.7 Å². The van der Waals surface area contributed by atoms with Crippen molar-refractivity contribution in [3.05, 3.63) is 0 Å². The van der Waals surface area contributed by atoms with Crippen molar-refractivity contribution in [1.82, 2.24) is 0 Å². The van der Waals surface area contributed by atoms with Crippen LogP contribution in [0.5, 0.6) is 0 Å². The highest BCUT2D eigenvalue weighted by Crippen LogP contribution is 2.40. The van der Waals surface area contributed by atoms with Gasteiger partial charge in [0.25, 0.3) is 0 Å². The summed E-state index contributed by atoms with van der Waals surface area (Å²) in [5.41, 5.74) is 0. The second kappa shape index (κ2) is 6.33. The van der Waals surface area contributed by atoms with Gasteiger partial charge in [-0.15, -0.1) is 0 Å². The Morgan fingerprint density at radius 2 is 1.78 bits per heavy atom. The van der Waals surface area contributed by atoms with Crippen molar-refractivity contribution in [3.8, 4) is 0 Å². The lowest BCUT2D eigenvalue weighted by molar-refractivity contribution is -0.110. The van der Waals surface area contributed by atoms with Gasteiger partial charge in [-0.3, -0.25) is 0 Å². The second-order valence-electron chi connectivity index (χ2n) is 7.22. The molecular formula is C15H30O2Si. The van der Waals surface area contributed by atoms with Crippen LogP contribution in [0.2, 0.25) is 18.1 Å². The fourth-order valence-corrected chi connectivity index (χ4v) is 3.89. The number of hydrogen-bond donors (Lipinski definition) is 0. The molecule has 0 heterocycles. The van der Waals surface area contributed by atoms with Crippen LogP contribution in [0, 0.1) is 5.92 Å². The van der Waals surface area contributed by atoms with Crippen molar-refractivity contribution in [1.29, 1.82) is 0 Å². The van der Waals surface area contributed by atoms with Gasteiger partial charge < -0.3 is 9.22 Å². The molecule has 0 radical (unpaired) electrons. The largest absolute Gasteiger partial charge is 0.413 e. The first kappa shape index (κ1) is 15.9. The molecule has 2 nitrogen and oxygen atoms in total. The minimum absolute atomic E-state index is 0.170. The summed E-state index contributed by atoms with van der Waals surface area (Å²) in [4.78, 5) is 10.9. The number of rotatable bonds is 5. The number of aldehydes is 1. The molecule has 1 aliphatic carbocycles. The number of carbonyl (C=O) groups excluding carboxylic acids is 1. The van der Waals surface area contributed by atoms with Gasteiger partial charge >= 0.3 is 0 Å². The van der Waals surface area contributed by atoms with Gasteiger partial charge in [0.1, 0.15) is 6.29 Å². The summed E-state index contributed by atoms with van der Waals surface area (Å²) in [7, 11) is -1.75. The van der Waals surface area contributed by atoms with E-state index in [2.05, 4.69) is 33.9 Å². The topological polar surface area (TPSA) is 26.3 Å². The van der Waals surface area contributed by atoms with E-state index in [0.29, 0.717) is 12.3 Å². The Morgan fingerprint density at radius 3 is 2.22 bits per heavy atom. The van der Waals surface area contributed by atoms with E-state index in [1.807, 2.05) is 0 Å². The van der Waals surface area contributed by atoms with Crippen LogP contribution in [0.1, 0.15) is 59.3 Å². The van der Waals surface area contributed by atoms with E-state index in [-0.39, 0.29) is 11.1 Å². The van der Waals surface area contributed by atoms with Crippen molar-refractivity contribution in [2.75, 3.05) is 0 Å². The molecule has 106 valence electrons. The molecule has 0 amide bonds. The Kier molecular flexibility index (Phi) is 5.59. The first-order valence-electron chi connectivity index (χ1n) is 7.39. The Labute approximate surface area is 114 Å². The van der Waals surface area contributed by atoms with Crippen LogP contribution in [0.25, 0.3) is 0 Å². The smallest absolute Gasteiger partial charge is 0.192 e. The van der Waals surface area contributed by atoms with Crippen molar-refractivity contribution >= 4 is 14.6 Å². The maximum Gasteiger partial charge on any atom is 0.192 e. The molecule has 0 bridgehead atoms. The van der Waals surface area contributed by atoms with E-state index in [0.717, 1.165) is 6.29 Å². The average Bonchev–Trinajstić information content (AvgIpc) is 2.28. The van der Waals surface area contributed by atoms with Crippen molar-refractivity contribution in [2.24, 2.45) is 5.92 Å². The van der Waals surface area contributed by atoms with Crippen LogP contribution in [0.4, 0.5) is 0 Å². The van der Waals surface area contributed by atoms with Gasteiger partial charge in [0.2, 0.25) is 0 Å². The Hall–Kier alpha value is -0.153. The molecule has 1 aliphatic rings. The second-order valence-corrected chi connectivity index (χ2v) is 12.0. The van der Waals surface area contributed by atoms with E-state index in [4.69, 9.17) is 4.43 Å². The van der Waals surface area contributed by atoms with Gasteiger partial charge in [-0.05, 0) is 36.9 Å². The predicted octanol–water partition coefficient (Wildman–Crippen LogP) is 4.55. The lowest BCUT2D eigenvalue weighted by atomic mass is 9.84. The Bertz CT molecular complexity index is 262. The molecule has 1 rings (SSSR count). The zero-order valence-electron chi connectivity index (χ0n) is 12.8. The van der Waals surface area contributed by atoms with E-state index in [9.17, 15) is 4.79 Å². The van der Waals surface area contributed by atoms with Gasteiger partial charge in [0.05, 0.1) is 6.10 Å². The maximum atomic E-state index is 10.9. The molecule has 0 N–H and O–H groups in total. The number of hydrogen-bond acceptors (Lipinski definition) is 2. The van der Waals surface area contributed by atoms with Crippen LogP contribution >= 0.6 is 0 Å². The minimum Gasteiger partial charge on any atom is -0.413 e. The highest BCUT2D eigenvalue weighted by Gasteiger charge is 2.40. The standard InChI is InChI=1S/C15H30O2Si/c1-15(2,3)18(4,5)17-14(11-12-16)13-9-7-6-8-10-13/h12-14H,6-11H2,1-5H3. The molecule has 1 atom stereocenters. The summed E-state index contributed by atoms with van der Waals surface area (Å²) >= 11 is 0. The van der Waals surface area contributed by atoms with Crippen molar-refractivity contribution < 1.29 is 9.22 Å². The van der Waals surface area contributed by atoms with Crippen molar-refractivity contribution in [3.63, 3.8) is 0 Å². The fourth-order valence-electron chi connectivity index (χ4n) is 2.49. The lowest BCUT2D eigenvalue weighted by Crippen LogP contribution is -2.46. The molecule has 18 heavy (non-hydrogen) atoms. The minimum atomic E-state index is -1.75. The fraction of sp³-hybridized carbons (Fsp3) is 0.933. The van der Waals surface area contributed by atoms with Crippen LogP contribution in [-0.2, 0) is 9.22 Å². The summed E-state index contributed by atoms with van der Waals surface area (Å²) in [5, 5.41) is 0.225. The Balaban J connectivity index is 2.70. The van der Waals surface area contributed by atoms with Gasteiger partial charge in [-0.1, -0.05) is 40.0 Å². The normalized spacial score (nSPS) is 20.7. The van der Waals surface area contributed by atoms with Gasteiger partial charge in [0, 0.05) is 6.42 Å². The average molecular weight is 270 g/mol. The SMILES string of the molecule is CC(C)(C)[Si](C)(C)OC(CC=O)C1CCCCC1. The Morgan fingerprint density at radius 1 is 1.22 bits per heavy atom. The predicted molar refractivity (Wildman–Crippen MR) is 79.3 cm³/mol. The molecule has 0 aliphatic heterocycles. The maximum absolute atomic E-state index is 10.9. The third-order valence-electron chi connectivity index (χ3n) is 4.76. The summed E-state index contributed by atoms with van der Waals surface area (Å²) in [5.74, 6) is 0.609. The molecule has 1 fully saturated rings. The lowest BCUT2D eigenvalue weighted by Gasteiger charge is -2.42. The third kappa shape index (κ3) is 4.20. The summed E-state index contributed by atoms with van der Waals surface area (Å²) in [6.45, 7) is 11.4. The highest BCUT2D eigenvalue weighted by molar-refractivity contribution is 6.74. The zero-order valence-corrected chi connectivity index (χ0v) is 13.8. The van der Waals surface area contributed by atoms with Crippen LogP contribution in [0.3, 0.4) is 0 Å². The summed E-state index contributed by atoms with van der Waals surface area (Å²) in [6.07, 6.45) is 8.25. The first-order valence-corrected chi connectivity index (χ1v) is 10.3. The third-order valence-corrected chi connectivity index (χ3v) is 9.26. The molecule has 1 unspecified atom stereocenters. The molecule has 0 spiro atoms. The van der Waals surface area contributed by atoms with Crippen LogP contribution in [0.15, 0.2) is 0 Å².